The summed E-state index contributed by atoms with van der Waals surface area (Å²) in [6.07, 6.45) is 3.38. The quantitative estimate of drug-likeness (QED) is 0.463. The van der Waals surface area contributed by atoms with Crippen LogP contribution in [0.25, 0.3) is 22.6 Å². The number of imidazole rings is 1. The minimum absolute atomic E-state index is 0.207. The first kappa shape index (κ1) is 20.9. The van der Waals surface area contributed by atoms with Crippen LogP contribution < -0.4 is 9.47 Å². The zero-order valence-electron chi connectivity index (χ0n) is 18.8. The molecule has 10 nitrogen and oxygen atoms in total. The third-order valence-electron chi connectivity index (χ3n) is 5.90. The Morgan fingerprint density at radius 1 is 1.21 bits per heavy atom. The maximum Gasteiger partial charge on any atom is 0.415 e. The van der Waals surface area contributed by atoms with Crippen molar-refractivity contribution in [3.63, 3.8) is 0 Å². The van der Waals surface area contributed by atoms with E-state index in [2.05, 4.69) is 22.0 Å². The SMILES string of the molecule is CCn1ncc(-c2nc3c(O[C@H]4CCN(C(=O)Oc5ccccc5)C4)ncnc3n2C)c1C. The minimum Gasteiger partial charge on any atom is -0.471 e. The van der Waals surface area contributed by atoms with Crippen LogP contribution in [0.3, 0.4) is 0 Å². The van der Waals surface area contributed by atoms with Gasteiger partial charge in [-0.15, -0.1) is 0 Å². The highest BCUT2D eigenvalue weighted by atomic mass is 16.6. The maximum absolute atomic E-state index is 12.5. The number of para-hydroxylation sites is 1. The molecule has 1 atom stereocenters. The van der Waals surface area contributed by atoms with E-state index in [1.807, 2.05) is 47.6 Å². The van der Waals surface area contributed by atoms with Crippen molar-refractivity contribution in [2.75, 3.05) is 13.1 Å². The van der Waals surface area contributed by atoms with Crippen molar-refractivity contribution in [3.8, 4) is 23.0 Å². The van der Waals surface area contributed by atoms with Crippen molar-refractivity contribution >= 4 is 17.3 Å². The molecule has 0 spiro atoms. The van der Waals surface area contributed by atoms with Crippen LogP contribution in [-0.2, 0) is 13.6 Å². The van der Waals surface area contributed by atoms with Gasteiger partial charge in [-0.3, -0.25) is 4.68 Å². The Bertz CT molecular complexity index is 1300. The fourth-order valence-electron chi connectivity index (χ4n) is 4.09. The van der Waals surface area contributed by atoms with Gasteiger partial charge >= 0.3 is 6.09 Å². The van der Waals surface area contributed by atoms with Gasteiger partial charge in [-0.1, -0.05) is 18.2 Å². The highest BCUT2D eigenvalue weighted by Crippen LogP contribution is 2.30. The van der Waals surface area contributed by atoms with Crippen molar-refractivity contribution in [1.82, 2.24) is 34.2 Å². The molecule has 1 aliphatic heterocycles. The largest absolute Gasteiger partial charge is 0.471 e. The summed E-state index contributed by atoms with van der Waals surface area (Å²) >= 11 is 0. The lowest BCUT2D eigenvalue weighted by Crippen LogP contribution is -2.33. The first-order valence-electron chi connectivity index (χ1n) is 10.9. The molecule has 0 bridgehead atoms. The van der Waals surface area contributed by atoms with Gasteiger partial charge in [0.15, 0.2) is 11.2 Å². The molecule has 1 amide bonds. The normalized spacial score (nSPS) is 15.8. The fourth-order valence-corrected chi connectivity index (χ4v) is 4.09. The molecule has 3 aromatic heterocycles. The molecule has 1 saturated heterocycles. The lowest BCUT2D eigenvalue weighted by atomic mass is 10.2. The van der Waals surface area contributed by atoms with E-state index in [9.17, 15) is 4.79 Å². The van der Waals surface area contributed by atoms with Crippen molar-refractivity contribution in [1.29, 1.82) is 0 Å². The number of rotatable bonds is 5. The number of amides is 1. The third kappa shape index (κ3) is 3.88. The predicted octanol–water partition coefficient (Wildman–Crippen LogP) is 3.21. The van der Waals surface area contributed by atoms with Crippen LogP contribution in [0, 0.1) is 6.92 Å². The Hall–Kier alpha value is -3.95. The number of ether oxygens (including phenoxy) is 2. The number of nitrogens with zero attached hydrogens (tertiary/aromatic N) is 7. The standard InChI is InChI=1S/C23H25N7O3/c1-4-30-15(2)18(12-26-30)20-27-19-21(28(20)3)24-14-25-22(19)32-17-10-11-29(13-17)23(31)33-16-8-6-5-7-9-16/h5-9,12,14,17H,4,10-11,13H2,1-3H3/t17-/m0/s1. The molecule has 33 heavy (non-hydrogen) atoms. The van der Waals surface area contributed by atoms with Gasteiger partial charge in [0, 0.05) is 32.3 Å². The highest BCUT2D eigenvalue weighted by molar-refractivity contribution is 5.81. The zero-order valence-corrected chi connectivity index (χ0v) is 18.8. The van der Waals surface area contributed by atoms with Crippen molar-refractivity contribution in [3.05, 3.63) is 48.5 Å². The second-order valence-corrected chi connectivity index (χ2v) is 7.96. The number of fused-ring (bicyclic) bond motifs is 1. The fraction of sp³-hybridized carbons (Fsp3) is 0.348. The first-order chi connectivity index (χ1) is 16.0. The van der Waals surface area contributed by atoms with Crippen LogP contribution in [0.4, 0.5) is 4.79 Å². The summed E-state index contributed by atoms with van der Waals surface area (Å²) in [4.78, 5) is 27.7. The van der Waals surface area contributed by atoms with Crippen molar-refractivity contribution < 1.29 is 14.3 Å². The van der Waals surface area contributed by atoms with Crippen molar-refractivity contribution in [2.45, 2.75) is 32.9 Å². The van der Waals surface area contributed by atoms with Crippen LogP contribution >= 0.6 is 0 Å². The van der Waals surface area contributed by atoms with Gasteiger partial charge in [0.2, 0.25) is 5.88 Å². The van der Waals surface area contributed by atoms with E-state index in [0.29, 0.717) is 42.3 Å². The minimum atomic E-state index is -0.385. The molecule has 1 fully saturated rings. The van der Waals surface area contributed by atoms with E-state index in [-0.39, 0.29) is 12.2 Å². The molecule has 5 rings (SSSR count). The molecule has 4 heterocycles. The van der Waals surface area contributed by atoms with E-state index in [0.717, 1.165) is 23.6 Å². The average molecular weight is 447 g/mol. The summed E-state index contributed by atoms with van der Waals surface area (Å²) in [6.45, 7) is 5.83. The Labute approximate surface area is 190 Å². The van der Waals surface area contributed by atoms with Gasteiger partial charge < -0.3 is 18.9 Å². The Kier molecular flexibility index (Phi) is 5.41. The number of hydrogen-bond acceptors (Lipinski definition) is 7. The third-order valence-corrected chi connectivity index (χ3v) is 5.90. The number of aryl methyl sites for hydroxylation is 2. The molecule has 0 saturated carbocycles. The van der Waals surface area contributed by atoms with Crippen molar-refractivity contribution in [2.24, 2.45) is 7.05 Å². The number of likely N-dealkylation sites (tertiary alicyclic amines) is 1. The summed E-state index contributed by atoms with van der Waals surface area (Å²) in [7, 11) is 1.92. The Morgan fingerprint density at radius 3 is 2.79 bits per heavy atom. The number of carbonyl (C=O) groups excluding carboxylic acids is 1. The van der Waals surface area contributed by atoms with Crippen LogP contribution in [0.2, 0.25) is 0 Å². The van der Waals surface area contributed by atoms with Crippen LogP contribution in [-0.4, -0.2) is 59.5 Å². The molecule has 0 unspecified atom stereocenters. The number of aromatic nitrogens is 6. The molecular formula is C23H25N7O3. The van der Waals surface area contributed by atoms with Gasteiger partial charge in [-0.25, -0.2) is 14.8 Å². The maximum atomic E-state index is 12.5. The highest BCUT2D eigenvalue weighted by Gasteiger charge is 2.30. The van der Waals surface area contributed by atoms with E-state index < -0.39 is 0 Å². The molecule has 1 aliphatic rings. The van der Waals surface area contributed by atoms with Gasteiger partial charge in [-0.05, 0) is 26.0 Å². The molecule has 0 N–H and O–H groups in total. The molecule has 4 aromatic rings. The van der Waals surface area contributed by atoms with Gasteiger partial charge in [0.05, 0.1) is 18.3 Å². The van der Waals surface area contributed by atoms with E-state index in [1.54, 1.807) is 17.0 Å². The zero-order chi connectivity index (χ0) is 22.9. The van der Waals surface area contributed by atoms with Gasteiger partial charge in [0.1, 0.15) is 24.0 Å². The van der Waals surface area contributed by atoms with Crippen LogP contribution in [0.15, 0.2) is 42.9 Å². The topological polar surface area (TPSA) is 100 Å². The number of carbonyl (C=O) groups is 1. The second kappa shape index (κ2) is 8.53. The number of benzene rings is 1. The summed E-state index contributed by atoms with van der Waals surface area (Å²) < 4.78 is 15.5. The first-order valence-corrected chi connectivity index (χ1v) is 10.9. The molecule has 0 radical (unpaired) electrons. The summed E-state index contributed by atoms with van der Waals surface area (Å²) in [5.41, 5.74) is 3.25. The summed E-state index contributed by atoms with van der Waals surface area (Å²) in [6, 6.07) is 9.04. The summed E-state index contributed by atoms with van der Waals surface area (Å²) in [5, 5.41) is 4.43. The molecular weight excluding hydrogens is 422 g/mol. The smallest absolute Gasteiger partial charge is 0.415 e. The Morgan fingerprint density at radius 2 is 2.03 bits per heavy atom. The molecule has 0 aliphatic carbocycles. The second-order valence-electron chi connectivity index (χ2n) is 7.96. The molecule has 170 valence electrons. The summed E-state index contributed by atoms with van der Waals surface area (Å²) in [5.74, 6) is 1.68. The number of hydrogen-bond donors (Lipinski definition) is 0. The van der Waals surface area contributed by atoms with E-state index >= 15 is 0 Å². The Balaban J connectivity index is 1.34. The monoisotopic (exact) mass is 447 g/mol. The lowest BCUT2D eigenvalue weighted by molar-refractivity contribution is 0.151. The van der Waals surface area contributed by atoms with Gasteiger partial charge in [-0.2, -0.15) is 10.1 Å². The van der Waals surface area contributed by atoms with E-state index in [1.165, 1.54) is 6.33 Å². The lowest BCUT2D eigenvalue weighted by Gasteiger charge is -2.16. The predicted molar refractivity (Wildman–Crippen MR) is 121 cm³/mol. The van der Waals surface area contributed by atoms with Gasteiger partial charge in [0.25, 0.3) is 0 Å². The van der Waals surface area contributed by atoms with Crippen LogP contribution in [0.1, 0.15) is 19.0 Å². The molecule has 10 heteroatoms. The van der Waals surface area contributed by atoms with E-state index in [4.69, 9.17) is 14.5 Å². The molecule has 1 aromatic carbocycles. The average Bonchev–Trinajstić information content (AvgIpc) is 3.53. The van der Waals surface area contributed by atoms with Crippen LogP contribution in [0.5, 0.6) is 11.6 Å².